The maximum atomic E-state index is 5.80. The zero-order chi connectivity index (χ0) is 11.4. The van der Waals surface area contributed by atoms with E-state index in [9.17, 15) is 0 Å². The number of hydrogen-bond acceptors (Lipinski definition) is 2. The van der Waals surface area contributed by atoms with Crippen LogP contribution in [0.4, 0.5) is 0 Å². The average molecular weight is 220 g/mol. The molecule has 2 nitrogen and oxygen atoms in total. The van der Waals surface area contributed by atoms with Gasteiger partial charge in [0.15, 0.2) is 0 Å². The van der Waals surface area contributed by atoms with E-state index in [-0.39, 0.29) is 0 Å². The van der Waals surface area contributed by atoms with E-state index in [1.165, 1.54) is 24.0 Å². The Hall–Kier alpha value is -1.02. The second-order valence-corrected chi connectivity index (χ2v) is 4.54. The minimum absolute atomic E-state index is 0.421. The first-order chi connectivity index (χ1) is 7.75. The zero-order valence-corrected chi connectivity index (χ0v) is 10.2. The number of benzene rings is 1. The van der Waals surface area contributed by atoms with Gasteiger partial charge in [-0.15, -0.1) is 0 Å². The maximum Gasteiger partial charge on any atom is 0.122 e. The second-order valence-electron chi connectivity index (χ2n) is 4.54. The van der Waals surface area contributed by atoms with Gasteiger partial charge in [0, 0.05) is 13.0 Å². The first kappa shape index (κ1) is 11.5. The summed E-state index contributed by atoms with van der Waals surface area (Å²) in [4.78, 5) is 0. The van der Waals surface area contributed by atoms with Crippen LogP contribution in [0.2, 0.25) is 0 Å². The quantitative estimate of drug-likeness (QED) is 0.775. The van der Waals surface area contributed by atoms with Crippen LogP contribution >= 0.6 is 0 Å². The van der Waals surface area contributed by atoms with Crippen LogP contribution < -0.4 is 4.74 Å². The molecule has 1 atom stereocenters. The molecule has 0 aromatic heterocycles. The average Bonchev–Trinajstić information content (AvgIpc) is 2.76. The number of ether oxygens (including phenoxy) is 2. The third-order valence-corrected chi connectivity index (χ3v) is 3.07. The molecule has 0 N–H and O–H groups in total. The fourth-order valence-electron chi connectivity index (χ4n) is 2.04. The summed E-state index contributed by atoms with van der Waals surface area (Å²) in [6, 6.07) is 6.32. The molecule has 1 aromatic carbocycles. The van der Waals surface area contributed by atoms with E-state index >= 15 is 0 Å². The Labute approximate surface area is 97.6 Å². The molecule has 0 amide bonds. The van der Waals surface area contributed by atoms with Crippen molar-refractivity contribution in [1.29, 1.82) is 0 Å². The van der Waals surface area contributed by atoms with Gasteiger partial charge in [0.2, 0.25) is 0 Å². The largest absolute Gasteiger partial charge is 0.493 e. The summed E-state index contributed by atoms with van der Waals surface area (Å²) in [5.41, 5.74) is 2.45. The van der Waals surface area contributed by atoms with Crippen molar-refractivity contribution in [1.82, 2.24) is 0 Å². The molecule has 0 radical (unpaired) electrons. The molecule has 1 aromatic rings. The lowest BCUT2D eigenvalue weighted by Gasteiger charge is -2.12. The van der Waals surface area contributed by atoms with Crippen molar-refractivity contribution < 1.29 is 9.47 Å². The predicted molar refractivity (Wildman–Crippen MR) is 65.0 cm³/mol. The molecule has 1 saturated heterocycles. The van der Waals surface area contributed by atoms with Gasteiger partial charge in [-0.25, -0.2) is 0 Å². The summed E-state index contributed by atoms with van der Waals surface area (Å²) in [5, 5.41) is 0. The molecule has 1 unspecified atom stereocenters. The van der Waals surface area contributed by atoms with Crippen LogP contribution in [0.5, 0.6) is 5.75 Å². The first-order valence-corrected chi connectivity index (χ1v) is 6.07. The van der Waals surface area contributed by atoms with E-state index in [4.69, 9.17) is 9.47 Å². The Kier molecular flexibility index (Phi) is 3.83. The molecule has 0 bridgehead atoms. The highest BCUT2D eigenvalue weighted by Gasteiger charge is 2.15. The van der Waals surface area contributed by atoms with Crippen LogP contribution in [0.3, 0.4) is 0 Å². The van der Waals surface area contributed by atoms with Crippen molar-refractivity contribution in [3.05, 3.63) is 29.3 Å². The van der Waals surface area contributed by atoms with Crippen molar-refractivity contribution in [2.45, 2.75) is 39.2 Å². The molecule has 1 aliphatic rings. The van der Waals surface area contributed by atoms with Gasteiger partial charge in [-0.05, 0) is 43.9 Å². The highest BCUT2D eigenvalue weighted by atomic mass is 16.5. The molecule has 1 aliphatic heterocycles. The van der Waals surface area contributed by atoms with E-state index in [0.29, 0.717) is 6.10 Å². The minimum atomic E-state index is 0.421. The van der Waals surface area contributed by atoms with Gasteiger partial charge in [-0.1, -0.05) is 12.1 Å². The summed E-state index contributed by atoms with van der Waals surface area (Å²) in [6.07, 6.45) is 3.82. The van der Waals surface area contributed by atoms with Crippen molar-refractivity contribution in [2.24, 2.45) is 0 Å². The molecule has 1 fully saturated rings. The van der Waals surface area contributed by atoms with Crippen LogP contribution in [0.1, 0.15) is 30.4 Å². The molecule has 1 heterocycles. The Bertz CT molecular complexity index is 341. The molecular formula is C14H20O2. The highest BCUT2D eigenvalue weighted by Crippen LogP contribution is 2.20. The summed E-state index contributed by atoms with van der Waals surface area (Å²) in [6.45, 7) is 5.86. The third-order valence-electron chi connectivity index (χ3n) is 3.07. The van der Waals surface area contributed by atoms with Gasteiger partial charge in [0.05, 0.1) is 12.7 Å². The van der Waals surface area contributed by atoms with Gasteiger partial charge >= 0.3 is 0 Å². The smallest absolute Gasteiger partial charge is 0.122 e. The van der Waals surface area contributed by atoms with E-state index < -0.39 is 0 Å². The molecule has 0 spiro atoms. The molecule has 0 aliphatic carbocycles. The van der Waals surface area contributed by atoms with Crippen LogP contribution in [0.25, 0.3) is 0 Å². The normalized spacial score (nSPS) is 20.0. The van der Waals surface area contributed by atoms with Gasteiger partial charge < -0.3 is 9.47 Å². The number of hydrogen-bond donors (Lipinski definition) is 0. The summed E-state index contributed by atoms with van der Waals surface area (Å²) in [7, 11) is 0. The lowest BCUT2D eigenvalue weighted by Crippen LogP contribution is -2.11. The Balaban J connectivity index is 1.82. The Morgan fingerprint density at radius 3 is 3.00 bits per heavy atom. The lowest BCUT2D eigenvalue weighted by atomic mass is 10.1. The minimum Gasteiger partial charge on any atom is -0.493 e. The van der Waals surface area contributed by atoms with Gasteiger partial charge in [0.25, 0.3) is 0 Å². The summed E-state index contributed by atoms with van der Waals surface area (Å²) < 4.78 is 11.4. The third kappa shape index (κ3) is 2.99. The van der Waals surface area contributed by atoms with Crippen LogP contribution in [-0.4, -0.2) is 19.3 Å². The van der Waals surface area contributed by atoms with E-state index in [0.717, 1.165) is 25.4 Å². The van der Waals surface area contributed by atoms with E-state index in [1.807, 2.05) is 0 Å². The Morgan fingerprint density at radius 1 is 1.38 bits per heavy atom. The number of rotatable bonds is 4. The predicted octanol–water partition coefficient (Wildman–Crippen LogP) is 3.25. The van der Waals surface area contributed by atoms with Crippen LogP contribution in [0.15, 0.2) is 18.2 Å². The molecular weight excluding hydrogens is 200 g/mol. The molecule has 16 heavy (non-hydrogen) atoms. The topological polar surface area (TPSA) is 18.5 Å². The molecule has 0 saturated carbocycles. The van der Waals surface area contributed by atoms with E-state index in [2.05, 4.69) is 32.0 Å². The molecule has 2 rings (SSSR count). The standard InChI is InChI=1S/C14H20O2/c1-11-5-6-12(2)14(10-11)16-9-7-13-4-3-8-15-13/h5-6,10,13H,3-4,7-9H2,1-2H3. The monoisotopic (exact) mass is 220 g/mol. The van der Waals surface area contributed by atoms with Crippen molar-refractivity contribution >= 4 is 0 Å². The molecule has 88 valence electrons. The fraction of sp³-hybridized carbons (Fsp3) is 0.571. The molecule has 2 heteroatoms. The Morgan fingerprint density at radius 2 is 2.25 bits per heavy atom. The summed E-state index contributed by atoms with van der Waals surface area (Å²) in [5.74, 6) is 1.01. The SMILES string of the molecule is Cc1ccc(C)c(OCCC2CCCO2)c1. The fourth-order valence-corrected chi connectivity index (χ4v) is 2.04. The van der Waals surface area contributed by atoms with Gasteiger partial charge in [-0.3, -0.25) is 0 Å². The second kappa shape index (κ2) is 5.35. The zero-order valence-electron chi connectivity index (χ0n) is 10.2. The van der Waals surface area contributed by atoms with Gasteiger partial charge in [-0.2, -0.15) is 0 Å². The highest BCUT2D eigenvalue weighted by molar-refractivity contribution is 5.35. The van der Waals surface area contributed by atoms with Crippen LogP contribution in [0, 0.1) is 13.8 Å². The van der Waals surface area contributed by atoms with Crippen molar-refractivity contribution in [2.75, 3.05) is 13.2 Å². The van der Waals surface area contributed by atoms with E-state index in [1.54, 1.807) is 0 Å². The summed E-state index contributed by atoms with van der Waals surface area (Å²) >= 11 is 0. The van der Waals surface area contributed by atoms with Crippen LogP contribution in [-0.2, 0) is 4.74 Å². The van der Waals surface area contributed by atoms with Crippen molar-refractivity contribution in [3.63, 3.8) is 0 Å². The van der Waals surface area contributed by atoms with Gasteiger partial charge in [0.1, 0.15) is 5.75 Å². The maximum absolute atomic E-state index is 5.80. The van der Waals surface area contributed by atoms with Crippen molar-refractivity contribution in [3.8, 4) is 5.75 Å². The number of aryl methyl sites for hydroxylation is 2. The lowest BCUT2D eigenvalue weighted by molar-refractivity contribution is 0.0902. The first-order valence-electron chi connectivity index (χ1n) is 6.07.